The third-order valence-corrected chi connectivity index (χ3v) is 17.9. The van der Waals surface area contributed by atoms with Gasteiger partial charge in [-0.15, -0.1) is 0 Å². The van der Waals surface area contributed by atoms with Crippen LogP contribution in [0.4, 0.5) is 0 Å². The molecular formula is C46H82N2O8Si. The van der Waals surface area contributed by atoms with E-state index in [4.69, 9.17) is 18.6 Å². The van der Waals surface area contributed by atoms with Crippen molar-refractivity contribution in [3.8, 4) is 0 Å². The Balaban J connectivity index is 1.53. The number of hydrogen-bond acceptors (Lipinski definition) is 8. The normalized spacial score (nSPS) is 29.8. The van der Waals surface area contributed by atoms with Crippen molar-refractivity contribution in [3.05, 3.63) is 23.8 Å². The van der Waals surface area contributed by atoms with E-state index in [1.807, 2.05) is 27.7 Å². The van der Waals surface area contributed by atoms with Crippen molar-refractivity contribution in [2.75, 3.05) is 13.1 Å². The van der Waals surface area contributed by atoms with E-state index >= 15 is 0 Å². The monoisotopic (exact) mass is 819 g/mol. The average Bonchev–Trinajstić information content (AvgIpc) is 3.13. The van der Waals surface area contributed by atoms with Gasteiger partial charge in [0.1, 0.15) is 0 Å². The quantitative estimate of drug-likeness (QED) is 0.0481. The number of carbonyl (C=O) groups excluding carboxylic acids is 3. The summed E-state index contributed by atoms with van der Waals surface area (Å²) >= 11 is 0. The standard InChI is InChI=1S/C46H82N2O8Si/c1-13-16-37(50)28-39-22-20-32(3)41(53-39)29-43(51)48-30-42(56-57(11,12)45(8,9)10)35(6)44(52)47-26-15-18-40-33(4)23-25-46(55-40)24-14-17-38(54-46)21-19-31(2)27-34(5)36(7)49/h13,16,27,31-33,35-36,38-42,49H,14-15,17-26,28-30H2,1-12H3,(H,47,52)(H,48,51)/b16-13+,34-27+/t31-,32+,33-,35-,36-,38-,39-,40+,41+,42-,46-/m0/s1. The molecule has 0 saturated carbocycles. The highest BCUT2D eigenvalue weighted by molar-refractivity contribution is 6.74. The van der Waals surface area contributed by atoms with Crippen LogP contribution in [0.3, 0.4) is 0 Å². The Morgan fingerprint density at radius 3 is 2.30 bits per heavy atom. The van der Waals surface area contributed by atoms with Crippen LogP contribution in [0.1, 0.15) is 153 Å². The molecule has 328 valence electrons. The minimum atomic E-state index is -2.28. The van der Waals surface area contributed by atoms with E-state index in [1.54, 1.807) is 12.2 Å². The van der Waals surface area contributed by atoms with Gasteiger partial charge < -0.3 is 34.4 Å². The molecular weight excluding hydrogens is 737 g/mol. The van der Waals surface area contributed by atoms with E-state index in [0.29, 0.717) is 24.8 Å². The highest BCUT2D eigenvalue weighted by Gasteiger charge is 2.45. The van der Waals surface area contributed by atoms with Gasteiger partial charge in [-0.25, -0.2) is 0 Å². The molecule has 3 saturated heterocycles. The van der Waals surface area contributed by atoms with Gasteiger partial charge in [-0.3, -0.25) is 14.4 Å². The Labute approximate surface area is 347 Å². The molecule has 3 heterocycles. The zero-order valence-corrected chi connectivity index (χ0v) is 38.9. The zero-order chi connectivity index (χ0) is 42.6. The molecule has 0 bridgehead atoms. The first-order valence-electron chi connectivity index (χ1n) is 22.4. The van der Waals surface area contributed by atoms with Crippen molar-refractivity contribution in [3.63, 3.8) is 0 Å². The van der Waals surface area contributed by atoms with Gasteiger partial charge in [-0.1, -0.05) is 60.6 Å². The van der Waals surface area contributed by atoms with E-state index in [9.17, 15) is 19.5 Å². The van der Waals surface area contributed by atoms with Crippen LogP contribution < -0.4 is 10.6 Å². The first-order valence-corrected chi connectivity index (χ1v) is 25.3. The number of rotatable bonds is 20. The minimum absolute atomic E-state index is 0.0432. The smallest absolute Gasteiger partial charge is 0.225 e. The highest BCUT2D eigenvalue weighted by Crippen LogP contribution is 2.43. The topological polar surface area (TPSA) is 132 Å². The molecule has 0 radical (unpaired) electrons. The van der Waals surface area contributed by atoms with Gasteiger partial charge in [0.2, 0.25) is 11.8 Å². The maximum absolute atomic E-state index is 13.7. The number of aliphatic hydroxyl groups is 1. The predicted octanol–water partition coefficient (Wildman–Crippen LogP) is 8.96. The summed E-state index contributed by atoms with van der Waals surface area (Å²) in [6, 6.07) is 0. The highest BCUT2D eigenvalue weighted by atomic mass is 28.4. The number of carbonyl (C=O) groups is 3. The Morgan fingerprint density at radius 2 is 1.63 bits per heavy atom. The molecule has 57 heavy (non-hydrogen) atoms. The summed E-state index contributed by atoms with van der Waals surface area (Å²) < 4.78 is 26.6. The first kappa shape index (κ1) is 49.5. The second kappa shape index (κ2) is 22.6. The Morgan fingerprint density at radius 1 is 0.930 bits per heavy atom. The van der Waals surface area contributed by atoms with E-state index in [2.05, 4.69) is 71.3 Å². The predicted molar refractivity (Wildman–Crippen MR) is 231 cm³/mol. The second-order valence-electron chi connectivity index (χ2n) is 19.5. The van der Waals surface area contributed by atoms with Crippen molar-refractivity contribution in [2.45, 2.75) is 213 Å². The number of ketones is 1. The summed E-state index contributed by atoms with van der Waals surface area (Å²) in [4.78, 5) is 39.2. The molecule has 2 amide bonds. The zero-order valence-electron chi connectivity index (χ0n) is 37.9. The maximum atomic E-state index is 13.7. The summed E-state index contributed by atoms with van der Waals surface area (Å²) in [7, 11) is -2.28. The molecule has 11 atom stereocenters. The first-order chi connectivity index (χ1) is 26.6. The van der Waals surface area contributed by atoms with Gasteiger partial charge in [0.15, 0.2) is 19.9 Å². The molecule has 3 fully saturated rings. The van der Waals surface area contributed by atoms with Crippen LogP contribution in [0, 0.1) is 23.7 Å². The SMILES string of the molecule is C/C=C/C(=O)C[C@@H]1CC[C@@H](C)[C@@H](CC(=O)NC[C@H](O[Si](C)(C)C(C)(C)C)[C@H](C)C(=O)NCCC[C@H]2O[C@@]3(CCC[C@@H](CC[C@H](C)/C=C(\C)[C@H](C)O)O3)CC[C@@H]2C)O1. The van der Waals surface area contributed by atoms with Gasteiger partial charge in [-0.2, -0.15) is 0 Å². The van der Waals surface area contributed by atoms with Crippen LogP contribution in [0.25, 0.3) is 0 Å². The fourth-order valence-corrected chi connectivity index (χ4v) is 9.59. The molecule has 11 heteroatoms. The summed E-state index contributed by atoms with van der Waals surface area (Å²) in [5, 5.41) is 16.1. The molecule has 0 aliphatic carbocycles. The van der Waals surface area contributed by atoms with E-state index in [0.717, 1.165) is 76.2 Å². The van der Waals surface area contributed by atoms with Crippen molar-refractivity contribution in [1.29, 1.82) is 0 Å². The molecule has 0 unspecified atom stereocenters. The van der Waals surface area contributed by atoms with E-state index in [-0.39, 0.29) is 65.9 Å². The number of aliphatic hydroxyl groups excluding tert-OH is 1. The van der Waals surface area contributed by atoms with Crippen LogP contribution in [-0.2, 0) is 33.0 Å². The minimum Gasteiger partial charge on any atom is -0.411 e. The van der Waals surface area contributed by atoms with Crippen molar-refractivity contribution >= 4 is 25.9 Å². The summed E-state index contributed by atoms with van der Waals surface area (Å²) in [6.45, 7) is 25.8. The van der Waals surface area contributed by atoms with Gasteiger partial charge in [0.05, 0.1) is 49.0 Å². The van der Waals surface area contributed by atoms with Crippen molar-refractivity contribution in [2.24, 2.45) is 23.7 Å². The lowest BCUT2D eigenvalue weighted by molar-refractivity contribution is -0.324. The Bertz CT molecular complexity index is 1340. The van der Waals surface area contributed by atoms with Crippen LogP contribution in [0.2, 0.25) is 18.1 Å². The lowest BCUT2D eigenvalue weighted by Crippen LogP contribution is -2.52. The van der Waals surface area contributed by atoms with Gasteiger partial charge >= 0.3 is 0 Å². The van der Waals surface area contributed by atoms with Gasteiger partial charge in [-0.05, 0) is 126 Å². The third kappa shape index (κ3) is 15.9. The average molecular weight is 819 g/mol. The molecule has 1 spiro atoms. The van der Waals surface area contributed by atoms with Crippen LogP contribution >= 0.6 is 0 Å². The maximum Gasteiger partial charge on any atom is 0.225 e. The molecule has 3 aliphatic heterocycles. The van der Waals surface area contributed by atoms with Gasteiger partial charge in [0, 0.05) is 32.4 Å². The molecule has 10 nitrogen and oxygen atoms in total. The summed E-state index contributed by atoms with van der Waals surface area (Å²) in [6.07, 6.45) is 15.4. The van der Waals surface area contributed by atoms with E-state index in [1.165, 1.54) is 0 Å². The number of amides is 2. The molecule has 3 rings (SSSR count). The Kier molecular flexibility index (Phi) is 19.6. The van der Waals surface area contributed by atoms with Crippen LogP contribution in [-0.4, -0.2) is 86.5 Å². The second-order valence-corrected chi connectivity index (χ2v) is 24.3. The fourth-order valence-electron chi connectivity index (χ4n) is 8.19. The molecule has 0 aromatic heterocycles. The van der Waals surface area contributed by atoms with E-state index < -0.39 is 32.2 Å². The summed E-state index contributed by atoms with van der Waals surface area (Å²) in [5.74, 6) is -0.138. The summed E-state index contributed by atoms with van der Waals surface area (Å²) in [5.41, 5.74) is 1.02. The lowest BCUT2D eigenvalue weighted by atomic mass is 9.85. The fraction of sp³-hybridized carbons (Fsp3) is 0.848. The number of nitrogens with one attached hydrogen (secondary N) is 2. The number of hydrogen-bond donors (Lipinski definition) is 3. The number of allylic oxidation sites excluding steroid dienone is 3. The van der Waals surface area contributed by atoms with Crippen LogP contribution in [0.5, 0.6) is 0 Å². The van der Waals surface area contributed by atoms with Crippen molar-refractivity contribution in [1.82, 2.24) is 10.6 Å². The van der Waals surface area contributed by atoms with Crippen molar-refractivity contribution < 1.29 is 38.1 Å². The third-order valence-electron chi connectivity index (χ3n) is 13.4. The molecule has 3 N–H and O–H groups in total. The number of ether oxygens (including phenoxy) is 3. The Hall–Kier alpha value is -1.89. The van der Waals surface area contributed by atoms with Crippen LogP contribution in [0.15, 0.2) is 23.8 Å². The molecule has 0 aromatic rings. The molecule has 3 aliphatic rings. The molecule has 0 aromatic carbocycles. The van der Waals surface area contributed by atoms with Gasteiger partial charge in [0.25, 0.3) is 0 Å². The lowest BCUT2D eigenvalue weighted by Gasteiger charge is -2.48. The largest absolute Gasteiger partial charge is 0.411 e.